The Hall–Kier alpha value is -2.41. The maximum atomic E-state index is 13.9. The van der Waals surface area contributed by atoms with E-state index < -0.39 is 17.9 Å². The van der Waals surface area contributed by atoms with Crippen molar-refractivity contribution >= 4 is 29.3 Å². The van der Waals surface area contributed by atoms with Gasteiger partial charge in [-0.2, -0.15) is 0 Å². The molecule has 1 aromatic carbocycles. The summed E-state index contributed by atoms with van der Waals surface area (Å²) in [6.45, 7) is 4.48. The monoisotopic (exact) mass is 407 g/mol. The topological polar surface area (TPSA) is 69.7 Å². The van der Waals surface area contributed by atoms with Crippen molar-refractivity contribution < 1.29 is 18.8 Å². The molecule has 3 amide bonds. The van der Waals surface area contributed by atoms with Crippen LogP contribution in [0.25, 0.3) is 0 Å². The van der Waals surface area contributed by atoms with E-state index in [0.717, 1.165) is 0 Å². The summed E-state index contributed by atoms with van der Waals surface area (Å²) in [4.78, 5) is 39.8. The highest BCUT2D eigenvalue weighted by Crippen LogP contribution is 2.34. The number of rotatable bonds is 4. The lowest BCUT2D eigenvalue weighted by Crippen LogP contribution is -2.46. The minimum Gasteiger partial charge on any atom is -0.350 e. The molecule has 2 heterocycles. The maximum Gasteiger partial charge on any atom is 0.245 e. The van der Waals surface area contributed by atoms with Gasteiger partial charge in [0.05, 0.1) is 17.1 Å². The summed E-state index contributed by atoms with van der Waals surface area (Å²) in [5, 5.41) is 2.98. The van der Waals surface area contributed by atoms with Crippen LogP contribution in [0, 0.1) is 11.7 Å². The third kappa shape index (κ3) is 4.04. The first-order valence-corrected chi connectivity index (χ1v) is 9.62. The van der Waals surface area contributed by atoms with Crippen molar-refractivity contribution in [1.29, 1.82) is 0 Å². The number of nitrogens with one attached hydrogen (secondary N) is 1. The largest absolute Gasteiger partial charge is 0.350 e. The highest BCUT2D eigenvalue weighted by molar-refractivity contribution is 6.30. The van der Waals surface area contributed by atoms with Crippen LogP contribution in [0.1, 0.15) is 30.9 Å². The summed E-state index contributed by atoms with van der Waals surface area (Å²) in [6, 6.07) is 3.53. The smallest absolute Gasteiger partial charge is 0.245 e. The number of hydrogen-bond donors (Lipinski definition) is 1. The molecule has 2 aliphatic rings. The fourth-order valence-corrected chi connectivity index (χ4v) is 4.06. The van der Waals surface area contributed by atoms with Crippen LogP contribution in [0.15, 0.2) is 30.9 Å². The van der Waals surface area contributed by atoms with Crippen molar-refractivity contribution in [2.75, 3.05) is 20.1 Å². The lowest BCUT2D eigenvalue weighted by molar-refractivity contribution is -0.132. The van der Waals surface area contributed by atoms with Crippen molar-refractivity contribution in [1.82, 2.24) is 15.1 Å². The molecule has 8 heteroatoms. The Kier molecular flexibility index (Phi) is 6.03. The van der Waals surface area contributed by atoms with Crippen LogP contribution in [0.5, 0.6) is 0 Å². The molecule has 0 aromatic heterocycles. The number of amides is 3. The number of likely N-dealkylation sites (tertiary alicyclic amines) is 2. The average Bonchev–Trinajstić information content (AvgIpc) is 2.97. The highest BCUT2D eigenvalue weighted by atomic mass is 35.5. The van der Waals surface area contributed by atoms with Gasteiger partial charge in [0.2, 0.25) is 17.7 Å². The van der Waals surface area contributed by atoms with Crippen LogP contribution in [0.4, 0.5) is 4.39 Å². The number of halogens is 2. The van der Waals surface area contributed by atoms with E-state index in [1.54, 1.807) is 18.0 Å². The van der Waals surface area contributed by atoms with E-state index in [4.69, 9.17) is 11.6 Å². The van der Waals surface area contributed by atoms with Gasteiger partial charge in [-0.15, -0.1) is 0 Å². The van der Waals surface area contributed by atoms with Gasteiger partial charge in [0.1, 0.15) is 5.82 Å². The molecular weight excluding hydrogens is 385 g/mol. The molecule has 1 N–H and O–H groups in total. The van der Waals surface area contributed by atoms with Gasteiger partial charge in [0.25, 0.3) is 0 Å². The molecule has 0 aliphatic carbocycles. The normalized spacial score (nSPS) is 23.0. The molecule has 0 spiro atoms. The molecule has 0 saturated carbocycles. The second kappa shape index (κ2) is 8.31. The summed E-state index contributed by atoms with van der Waals surface area (Å²) in [5.41, 5.74) is 0.590. The third-order valence-electron chi connectivity index (χ3n) is 5.55. The van der Waals surface area contributed by atoms with E-state index >= 15 is 0 Å². The Balaban J connectivity index is 1.69. The van der Waals surface area contributed by atoms with Crippen LogP contribution in [-0.2, 0) is 14.4 Å². The van der Waals surface area contributed by atoms with Crippen molar-refractivity contribution in [3.8, 4) is 0 Å². The standard InChI is InChI=1S/C20H23ClFN3O3/c1-3-17(26)25-8-6-12(7-9-25)20(28)23-16-11-18(27)24(2)19(16)13-4-5-14(21)15(22)10-13/h3-5,10,12,16,19H,1,6-9,11H2,2H3,(H,23,28)/t16-,19+/m0/s1. The van der Waals surface area contributed by atoms with Crippen LogP contribution in [0.2, 0.25) is 5.02 Å². The van der Waals surface area contributed by atoms with Gasteiger partial charge < -0.3 is 15.1 Å². The molecule has 150 valence electrons. The number of piperidine rings is 1. The van der Waals surface area contributed by atoms with Crippen molar-refractivity contribution in [3.63, 3.8) is 0 Å². The number of carbonyl (C=O) groups is 3. The van der Waals surface area contributed by atoms with Gasteiger partial charge in [0, 0.05) is 32.5 Å². The molecule has 2 atom stereocenters. The molecule has 0 radical (unpaired) electrons. The Labute approximate surface area is 168 Å². The van der Waals surface area contributed by atoms with Crippen molar-refractivity contribution in [2.24, 2.45) is 5.92 Å². The fraction of sp³-hybridized carbons (Fsp3) is 0.450. The summed E-state index contributed by atoms with van der Waals surface area (Å²) >= 11 is 5.76. The zero-order valence-electron chi connectivity index (χ0n) is 15.7. The quantitative estimate of drug-likeness (QED) is 0.778. The van der Waals surface area contributed by atoms with Gasteiger partial charge >= 0.3 is 0 Å². The number of nitrogens with zero attached hydrogens (tertiary/aromatic N) is 2. The number of benzene rings is 1. The second-order valence-electron chi connectivity index (χ2n) is 7.25. The van der Waals surface area contributed by atoms with Crippen LogP contribution < -0.4 is 5.32 Å². The first-order chi connectivity index (χ1) is 13.3. The van der Waals surface area contributed by atoms with E-state index in [9.17, 15) is 18.8 Å². The Bertz CT molecular complexity index is 808. The molecule has 1 aromatic rings. The first kappa shape index (κ1) is 20.3. The summed E-state index contributed by atoms with van der Waals surface area (Å²) in [6.07, 6.45) is 2.55. The second-order valence-corrected chi connectivity index (χ2v) is 7.65. The van der Waals surface area contributed by atoms with E-state index in [1.165, 1.54) is 23.1 Å². The van der Waals surface area contributed by atoms with Gasteiger partial charge in [-0.1, -0.05) is 24.2 Å². The fourth-order valence-electron chi connectivity index (χ4n) is 3.94. The summed E-state index contributed by atoms with van der Waals surface area (Å²) < 4.78 is 13.9. The maximum absolute atomic E-state index is 13.9. The molecule has 2 saturated heterocycles. The Morgan fingerprint density at radius 3 is 2.61 bits per heavy atom. The minimum atomic E-state index is -0.559. The van der Waals surface area contributed by atoms with E-state index in [0.29, 0.717) is 31.5 Å². The molecule has 0 bridgehead atoms. The molecule has 3 rings (SSSR count). The minimum absolute atomic E-state index is 0.0112. The van der Waals surface area contributed by atoms with E-state index in [2.05, 4.69) is 11.9 Å². The van der Waals surface area contributed by atoms with Crippen LogP contribution >= 0.6 is 11.6 Å². The van der Waals surface area contributed by atoms with Crippen LogP contribution in [0.3, 0.4) is 0 Å². The van der Waals surface area contributed by atoms with E-state index in [1.807, 2.05) is 0 Å². The highest BCUT2D eigenvalue weighted by Gasteiger charge is 2.40. The first-order valence-electron chi connectivity index (χ1n) is 9.24. The molecule has 28 heavy (non-hydrogen) atoms. The van der Waals surface area contributed by atoms with E-state index in [-0.39, 0.29) is 35.1 Å². The van der Waals surface area contributed by atoms with Crippen molar-refractivity contribution in [3.05, 3.63) is 47.3 Å². The third-order valence-corrected chi connectivity index (χ3v) is 5.86. The lowest BCUT2D eigenvalue weighted by Gasteiger charge is -2.32. The molecule has 2 fully saturated rings. The number of likely N-dealkylation sites (N-methyl/N-ethyl adjacent to an activating group) is 1. The zero-order valence-corrected chi connectivity index (χ0v) is 16.4. The Morgan fingerprint density at radius 2 is 2.00 bits per heavy atom. The molecule has 0 unspecified atom stereocenters. The number of hydrogen-bond acceptors (Lipinski definition) is 3. The predicted molar refractivity (Wildman–Crippen MR) is 103 cm³/mol. The van der Waals surface area contributed by atoms with Gasteiger partial charge in [-0.25, -0.2) is 4.39 Å². The lowest BCUT2D eigenvalue weighted by atomic mass is 9.94. The molecule has 2 aliphatic heterocycles. The summed E-state index contributed by atoms with van der Waals surface area (Å²) in [7, 11) is 1.64. The van der Waals surface area contributed by atoms with Gasteiger partial charge in [-0.3, -0.25) is 14.4 Å². The summed E-state index contributed by atoms with van der Waals surface area (Å²) in [5.74, 6) is -1.17. The molecule has 6 nitrogen and oxygen atoms in total. The zero-order chi connectivity index (χ0) is 20.4. The Morgan fingerprint density at radius 1 is 1.32 bits per heavy atom. The van der Waals surface area contributed by atoms with Crippen LogP contribution in [-0.4, -0.2) is 53.7 Å². The van der Waals surface area contributed by atoms with Gasteiger partial charge in [0.15, 0.2) is 0 Å². The van der Waals surface area contributed by atoms with Crippen molar-refractivity contribution in [2.45, 2.75) is 31.3 Å². The van der Waals surface area contributed by atoms with Gasteiger partial charge in [-0.05, 0) is 36.6 Å². The molecular formula is C20H23ClFN3O3. The predicted octanol–water partition coefficient (Wildman–Crippen LogP) is 2.29. The SMILES string of the molecule is C=CC(=O)N1CCC(C(=O)N[C@H]2CC(=O)N(C)[C@@H]2c2ccc(Cl)c(F)c2)CC1. The average molecular weight is 408 g/mol. The number of carbonyl (C=O) groups excluding carboxylic acids is 3.